The van der Waals surface area contributed by atoms with Crippen molar-refractivity contribution < 1.29 is 23.5 Å². The molecule has 2 rings (SSSR count). The molecule has 3 N–H and O–H groups in total. The third-order valence-electron chi connectivity index (χ3n) is 3.58. The van der Waals surface area contributed by atoms with Gasteiger partial charge in [-0.05, 0) is 42.5 Å². The fourth-order valence-corrected chi connectivity index (χ4v) is 2.25. The summed E-state index contributed by atoms with van der Waals surface area (Å²) in [7, 11) is 1.35. The number of benzene rings is 2. The van der Waals surface area contributed by atoms with Crippen molar-refractivity contribution in [3.63, 3.8) is 0 Å². The lowest BCUT2D eigenvalue weighted by Crippen LogP contribution is -2.14. The van der Waals surface area contributed by atoms with Gasteiger partial charge in [0, 0.05) is 30.6 Å². The van der Waals surface area contributed by atoms with Gasteiger partial charge in [0.1, 0.15) is 12.4 Å². The molecule has 0 saturated carbocycles. The average Bonchev–Trinajstić information content (AvgIpc) is 2.65. The van der Waals surface area contributed by atoms with Crippen LogP contribution in [0.2, 0.25) is 0 Å². The third kappa shape index (κ3) is 5.56. The zero-order valence-electron chi connectivity index (χ0n) is 14.5. The Labute approximate surface area is 151 Å². The maximum Gasteiger partial charge on any atom is 0.224 e. The Morgan fingerprint density at radius 1 is 1.12 bits per heavy atom. The molecule has 1 amide bonds. The second kappa shape index (κ2) is 9.53. The largest absolute Gasteiger partial charge is 0.494 e. The van der Waals surface area contributed by atoms with Crippen LogP contribution in [0.25, 0.3) is 0 Å². The summed E-state index contributed by atoms with van der Waals surface area (Å²) in [4.78, 5) is 24.1. The first-order valence-electron chi connectivity index (χ1n) is 8.13. The minimum Gasteiger partial charge on any atom is -0.494 e. The molecule has 2 aromatic rings. The molecule has 2 aromatic carbocycles. The minimum absolute atomic E-state index is 0.00208. The third-order valence-corrected chi connectivity index (χ3v) is 3.58. The van der Waals surface area contributed by atoms with Gasteiger partial charge in [0.2, 0.25) is 5.91 Å². The first-order valence-corrected chi connectivity index (χ1v) is 8.13. The highest BCUT2D eigenvalue weighted by Crippen LogP contribution is 2.19. The van der Waals surface area contributed by atoms with Crippen molar-refractivity contribution in [1.82, 2.24) is 0 Å². The molecule has 0 fully saturated rings. The van der Waals surface area contributed by atoms with Crippen LogP contribution in [0.4, 0.5) is 10.1 Å². The van der Waals surface area contributed by atoms with Crippen molar-refractivity contribution in [3.8, 4) is 11.5 Å². The van der Waals surface area contributed by atoms with Crippen molar-refractivity contribution in [2.24, 2.45) is 5.73 Å². The van der Waals surface area contributed by atoms with Crippen LogP contribution in [-0.4, -0.2) is 32.0 Å². The van der Waals surface area contributed by atoms with Crippen LogP contribution < -0.4 is 20.5 Å². The number of hydrogen-bond acceptors (Lipinski definition) is 5. The Hall–Kier alpha value is -2.93. The molecule has 0 aliphatic rings. The molecule has 7 heteroatoms. The smallest absolute Gasteiger partial charge is 0.224 e. The lowest BCUT2D eigenvalue weighted by atomic mass is 10.1. The van der Waals surface area contributed by atoms with E-state index in [9.17, 15) is 14.0 Å². The zero-order chi connectivity index (χ0) is 18.9. The molecule has 0 bridgehead atoms. The molecular formula is C19H21FN2O4. The van der Waals surface area contributed by atoms with E-state index in [0.29, 0.717) is 24.6 Å². The summed E-state index contributed by atoms with van der Waals surface area (Å²) in [5.41, 5.74) is 6.16. The second-order valence-electron chi connectivity index (χ2n) is 5.48. The maximum atomic E-state index is 13.6. The van der Waals surface area contributed by atoms with E-state index in [1.165, 1.54) is 19.2 Å². The van der Waals surface area contributed by atoms with Gasteiger partial charge >= 0.3 is 0 Å². The van der Waals surface area contributed by atoms with Crippen LogP contribution in [0.15, 0.2) is 42.5 Å². The van der Waals surface area contributed by atoms with Crippen LogP contribution in [0.1, 0.15) is 23.2 Å². The SMILES string of the molecule is COc1ccc(C(=O)CCC(=O)Nc2ccc(OCCN)cc2)cc1F. The highest BCUT2D eigenvalue weighted by molar-refractivity contribution is 6.00. The molecule has 6 nitrogen and oxygen atoms in total. The molecular weight excluding hydrogens is 339 g/mol. The van der Waals surface area contributed by atoms with Crippen molar-refractivity contribution >= 4 is 17.4 Å². The number of Topliss-reactive ketones (excluding diaryl/α,β-unsaturated/α-hetero) is 1. The van der Waals surface area contributed by atoms with Crippen molar-refractivity contribution in [2.75, 3.05) is 25.6 Å². The lowest BCUT2D eigenvalue weighted by molar-refractivity contribution is -0.116. The van der Waals surface area contributed by atoms with Crippen LogP contribution in [-0.2, 0) is 4.79 Å². The minimum atomic E-state index is -0.611. The van der Waals surface area contributed by atoms with E-state index in [4.69, 9.17) is 15.2 Å². The number of nitrogens with one attached hydrogen (secondary N) is 1. The topological polar surface area (TPSA) is 90.7 Å². The summed E-state index contributed by atoms with van der Waals surface area (Å²) < 4.78 is 23.8. The Morgan fingerprint density at radius 2 is 1.85 bits per heavy atom. The molecule has 0 radical (unpaired) electrons. The van der Waals surface area contributed by atoms with Crippen LogP contribution in [0.5, 0.6) is 11.5 Å². The van der Waals surface area contributed by atoms with Gasteiger partial charge in [0.15, 0.2) is 17.3 Å². The quantitative estimate of drug-likeness (QED) is 0.671. The standard InChI is InChI=1S/C19H21FN2O4/c1-25-18-8-2-13(12-16(18)20)17(23)7-9-19(24)22-14-3-5-15(6-4-14)26-11-10-21/h2-6,8,12H,7,9-11,21H2,1H3,(H,22,24). The molecule has 0 saturated heterocycles. The summed E-state index contributed by atoms with van der Waals surface area (Å²) in [6, 6.07) is 10.8. The number of rotatable bonds is 9. The summed E-state index contributed by atoms with van der Waals surface area (Å²) in [5.74, 6) is -0.502. The van der Waals surface area contributed by atoms with Gasteiger partial charge in [0.25, 0.3) is 0 Å². The Morgan fingerprint density at radius 3 is 2.46 bits per heavy atom. The molecule has 0 atom stereocenters. The maximum absolute atomic E-state index is 13.6. The molecule has 26 heavy (non-hydrogen) atoms. The molecule has 0 aromatic heterocycles. The molecule has 0 heterocycles. The number of hydrogen-bond donors (Lipinski definition) is 2. The van der Waals surface area contributed by atoms with Gasteiger partial charge in [0.05, 0.1) is 7.11 Å². The Bertz CT molecular complexity index is 763. The number of carbonyl (C=O) groups excluding carboxylic acids is 2. The van der Waals surface area contributed by atoms with Crippen LogP contribution >= 0.6 is 0 Å². The highest BCUT2D eigenvalue weighted by Gasteiger charge is 2.12. The van der Waals surface area contributed by atoms with Crippen LogP contribution in [0, 0.1) is 5.82 Å². The molecule has 0 spiro atoms. The molecule has 0 unspecified atom stereocenters. The summed E-state index contributed by atoms with van der Waals surface area (Å²) in [5, 5.41) is 2.70. The highest BCUT2D eigenvalue weighted by atomic mass is 19.1. The number of ketones is 1. The second-order valence-corrected chi connectivity index (χ2v) is 5.48. The Balaban J connectivity index is 1.84. The predicted molar refractivity (Wildman–Crippen MR) is 96.1 cm³/mol. The van der Waals surface area contributed by atoms with Gasteiger partial charge in [-0.2, -0.15) is 0 Å². The van der Waals surface area contributed by atoms with E-state index in [0.717, 1.165) is 6.07 Å². The van der Waals surface area contributed by atoms with E-state index in [1.54, 1.807) is 24.3 Å². The average molecular weight is 360 g/mol. The van der Waals surface area contributed by atoms with E-state index in [2.05, 4.69) is 5.32 Å². The predicted octanol–water partition coefficient (Wildman–Crippen LogP) is 2.77. The van der Waals surface area contributed by atoms with E-state index in [-0.39, 0.29) is 35.8 Å². The number of nitrogens with two attached hydrogens (primary N) is 1. The van der Waals surface area contributed by atoms with E-state index < -0.39 is 5.82 Å². The van der Waals surface area contributed by atoms with E-state index >= 15 is 0 Å². The molecule has 0 aliphatic heterocycles. The van der Waals surface area contributed by atoms with Gasteiger partial charge in [-0.3, -0.25) is 9.59 Å². The normalized spacial score (nSPS) is 10.3. The number of methoxy groups -OCH3 is 1. The molecule has 138 valence electrons. The molecule has 0 aliphatic carbocycles. The lowest BCUT2D eigenvalue weighted by Gasteiger charge is -2.08. The number of amides is 1. The first kappa shape index (κ1) is 19.4. The van der Waals surface area contributed by atoms with Crippen molar-refractivity contribution in [1.29, 1.82) is 0 Å². The zero-order valence-corrected chi connectivity index (χ0v) is 14.5. The first-order chi connectivity index (χ1) is 12.5. The number of anilines is 1. The monoisotopic (exact) mass is 360 g/mol. The number of ether oxygens (including phenoxy) is 2. The Kier molecular flexibility index (Phi) is 7.11. The summed E-state index contributed by atoms with van der Waals surface area (Å²) >= 11 is 0. The van der Waals surface area contributed by atoms with Gasteiger partial charge in [-0.1, -0.05) is 0 Å². The fourth-order valence-electron chi connectivity index (χ4n) is 2.25. The number of carbonyl (C=O) groups is 2. The fraction of sp³-hybridized carbons (Fsp3) is 0.263. The van der Waals surface area contributed by atoms with E-state index in [1.807, 2.05) is 0 Å². The van der Waals surface area contributed by atoms with Gasteiger partial charge < -0.3 is 20.5 Å². The summed E-state index contributed by atoms with van der Waals surface area (Å²) in [6.45, 7) is 0.838. The van der Waals surface area contributed by atoms with Crippen molar-refractivity contribution in [2.45, 2.75) is 12.8 Å². The van der Waals surface area contributed by atoms with Crippen LogP contribution in [0.3, 0.4) is 0 Å². The van der Waals surface area contributed by atoms with Gasteiger partial charge in [-0.15, -0.1) is 0 Å². The van der Waals surface area contributed by atoms with Gasteiger partial charge in [-0.25, -0.2) is 4.39 Å². The summed E-state index contributed by atoms with van der Waals surface area (Å²) in [6.07, 6.45) is -0.0206. The van der Waals surface area contributed by atoms with Crippen molar-refractivity contribution in [3.05, 3.63) is 53.8 Å². The number of halogens is 1.